The largest absolute Gasteiger partial charge is 0.495 e. The number of carbonyl (C=O) groups excluding carboxylic acids is 4. The molecule has 2 aromatic carbocycles. The molecule has 31 heavy (non-hydrogen) atoms. The molecule has 2 amide bonds. The Kier molecular flexibility index (Phi) is 8.83. The van der Waals surface area contributed by atoms with E-state index in [2.05, 4.69) is 15.4 Å². The van der Waals surface area contributed by atoms with Crippen molar-refractivity contribution < 1.29 is 33.4 Å². The van der Waals surface area contributed by atoms with Crippen LogP contribution in [0.15, 0.2) is 42.5 Å². The van der Waals surface area contributed by atoms with E-state index in [0.717, 1.165) is 0 Å². The average molecular weight is 449 g/mol. The van der Waals surface area contributed by atoms with Crippen molar-refractivity contribution in [3.8, 4) is 5.75 Å². The van der Waals surface area contributed by atoms with Gasteiger partial charge >= 0.3 is 11.9 Å². The second-order valence-electron chi connectivity index (χ2n) is 6.17. The molecular weight excluding hydrogens is 428 g/mol. The lowest BCUT2D eigenvalue weighted by atomic mass is 10.2. The fourth-order valence-corrected chi connectivity index (χ4v) is 2.60. The van der Waals surface area contributed by atoms with E-state index in [-0.39, 0.29) is 12.8 Å². The molecule has 9 nitrogen and oxygen atoms in total. The van der Waals surface area contributed by atoms with Crippen LogP contribution in [0, 0.1) is 0 Å². The van der Waals surface area contributed by atoms with Gasteiger partial charge in [-0.2, -0.15) is 0 Å². The summed E-state index contributed by atoms with van der Waals surface area (Å²) in [5.41, 5.74) is 1.15. The Morgan fingerprint density at radius 3 is 2.26 bits per heavy atom. The van der Waals surface area contributed by atoms with Gasteiger partial charge in [0.05, 0.1) is 31.9 Å². The number of benzene rings is 2. The van der Waals surface area contributed by atoms with Crippen LogP contribution >= 0.6 is 11.6 Å². The number of anilines is 2. The maximum absolute atomic E-state index is 12.0. The molecule has 0 bridgehead atoms. The van der Waals surface area contributed by atoms with Crippen LogP contribution in [0.3, 0.4) is 0 Å². The lowest BCUT2D eigenvalue weighted by Crippen LogP contribution is -2.22. The van der Waals surface area contributed by atoms with Gasteiger partial charge in [-0.15, -0.1) is 0 Å². The van der Waals surface area contributed by atoms with Crippen molar-refractivity contribution in [1.82, 2.24) is 0 Å². The molecule has 0 heterocycles. The molecule has 2 aromatic rings. The Morgan fingerprint density at radius 2 is 1.61 bits per heavy atom. The summed E-state index contributed by atoms with van der Waals surface area (Å²) in [4.78, 5) is 47.1. The van der Waals surface area contributed by atoms with E-state index in [4.69, 9.17) is 21.1 Å². The van der Waals surface area contributed by atoms with E-state index in [1.165, 1.54) is 44.6 Å². The predicted octanol–water partition coefficient (Wildman–Crippen LogP) is 3.04. The Labute approximate surface area is 183 Å². The van der Waals surface area contributed by atoms with Gasteiger partial charge in [-0.05, 0) is 42.5 Å². The fourth-order valence-electron chi connectivity index (χ4n) is 2.43. The summed E-state index contributed by atoms with van der Waals surface area (Å²) in [6.45, 7) is -0.523. The average Bonchev–Trinajstić information content (AvgIpc) is 2.76. The van der Waals surface area contributed by atoms with Crippen molar-refractivity contribution >= 4 is 46.7 Å². The second-order valence-corrected chi connectivity index (χ2v) is 6.61. The van der Waals surface area contributed by atoms with Gasteiger partial charge in [0.1, 0.15) is 5.75 Å². The van der Waals surface area contributed by atoms with Crippen LogP contribution in [0.25, 0.3) is 0 Å². The Morgan fingerprint density at radius 1 is 0.903 bits per heavy atom. The Hall–Kier alpha value is -3.59. The molecule has 0 atom stereocenters. The van der Waals surface area contributed by atoms with Gasteiger partial charge in [0.15, 0.2) is 6.61 Å². The summed E-state index contributed by atoms with van der Waals surface area (Å²) in [7, 11) is 2.71. The number of nitrogens with one attached hydrogen (secondary N) is 2. The molecule has 0 aromatic heterocycles. The van der Waals surface area contributed by atoms with Crippen molar-refractivity contribution in [1.29, 1.82) is 0 Å². The highest BCUT2D eigenvalue weighted by Gasteiger charge is 2.13. The molecule has 2 N–H and O–H groups in total. The van der Waals surface area contributed by atoms with Crippen molar-refractivity contribution in [3.05, 3.63) is 53.1 Å². The van der Waals surface area contributed by atoms with E-state index in [9.17, 15) is 19.2 Å². The van der Waals surface area contributed by atoms with Crippen LogP contribution in [0.5, 0.6) is 5.75 Å². The molecule has 0 radical (unpaired) electrons. The summed E-state index contributed by atoms with van der Waals surface area (Å²) in [6, 6.07) is 10.8. The van der Waals surface area contributed by atoms with Crippen LogP contribution in [0.2, 0.25) is 5.02 Å². The minimum Gasteiger partial charge on any atom is -0.495 e. The van der Waals surface area contributed by atoms with Gasteiger partial charge in [0.2, 0.25) is 5.91 Å². The first-order valence-corrected chi connectivity index (χ1v) is 9.47. The zero-order valence-electron chi connectivity index (χ0n) is 16.9. The number of methoxy groups -OCH3 is 2. The zero-order valence-corrected chi connectivity index (χ0v) is 17.7. The van der Waals surface area contributed by atoms with Gasteiger partial charge in [0.25, 0.3) is 5.91 Å². The number of hydrogen-bond donors (Lipinski definition) is 2. The highest BCUT2D eigenvalue weighted by Crippen LogP contribution is 2.27. The third kappa shape index (κ3) is 7.63. The van der Waals surface area contributed by atoms with Gasteiger partial charge in [-0.1, -0.05) is 11.6 Å². The molecule has 0 fully saturated rings. The Bertz CT molecular complexity index is 961. The maximum atomic E-state index is 12.0. The van der Waals surface area contributed by atoms with Crippen LogP contribution in [-0.4, -0.2) is 44.6 Å². The van der Waals surface area contributed by atoms with E-state index in [1.54, 1.807) is 12.1 Å². The van der Waals surface area contributed by atoms with Crippen molar-refractivity contribution in [2.24, 2.45) is 0 Å². The molecule has 0 saturated heterocycles. The summed E-state index contributed by atoms with van der Waals surface area (Å²) in [6.07, 6.45) is -0.346. The zero-order chi connectivity index (χ0) is 22.8. The molecule has 0 aliphatic carbocycles. The lowest BCUT2D eigenvalue weighted by molar-refractivity contribution is -0.147. The molecule has 0 aliphatic heterocycles. The molecule has 0 aliphatic rings. The molecule has 164 valence electrons. The normalized spacial score (nSPS) is 10.0. The number of carbonyl (C=O) groups is 4. The summed E-state index contributed by atoms with van der Waals surface area (Å²) >= 11 is 5.89. The van der Waals surface area contributed by atoms with Crippen LogP contribution < -0.4 is 15.4 Å². The number of amides is 2. The van der Waals surface area contributed by atoms with E-state index in [0.29, 0.717) is 27.7 Å². The Balaban J connectivity index is 1.74. The van der Waals surface area contributed by atoms with Gasteiger partial charge in [0, 0.05) is 17.1 Å². The lowest BCUT2D eigenvalue weighted by Gasteiger charge is -2.11. The quantitative estimate of drug-likeness (QED) is 0.565. The number of rotatable bonds is 9. The van der Waals surface area contributed by atoms with E-state index >= 15 is 0 Å². The monoisotopic (exact) mass is 448 g/mol. The predicted molar refractivity (Wildman–Crippen MR) is 113 cm³/mol. The number of ether oxygens (including phenoxy) is 3. The number of esters is 2. The molecular formula is C21H21ClN2O7. The third-order valence-electron chi connectivity index (χ3n) is 3.95. The van der Waals surface area contributed by atoms with Gasteiger partial charge in [-0.3, -0.25) is 14.4 Å². The van der Waals surface area contributed by atoms with Crippen LogP contribution in [0.1, 0.15) is 23.2 Å². The summed E-state index contributed by atoms with van der Waals surface area (Å²) < 4.78 is 14.6. The second kappa shape index (κ2) is 11.6. The first-order valence-electron chi connectivity index (χ1n) is 9.09. The van der Waals surface area contributed by atoms with Crippen molar-refractivity contribution in [2.45, 2.75) is 12.8 Å². The topological polar surface area (TPSA) is 120 Å². The minimum absolute atomic E-state index is 0.138. The van der Waals surface area contributed by atoms with Crippen LogP contribution in [0.4, 0.5) is 11.4 Å². The first-order chi connectivity index (χ1) is 14.8. The van der Waals surface area contributed by atoms with Gasteiger partial charge in [-0.25, -0.2) is 4.79 Å². The first kappa shape index (κ1) is 23.7. The molecule has 0 spiro atoms. The van der Waals surface area contributed by atoms with Crippen LogP contribution in [-0.2, 0) is 23.9 Å². The summed E-state index contributed by atoms with van der Waals surface area (Å²) in [5.74, 6) is -1.79. The van der Waals surface area contributed by atoms with E-state index < -0.39 is 30.4 Å². The maximum Gasteiger partial charge on any atom is 0.337 e. The molecule has 0 unspecified atom stereocenters. The molecule has 0 saturated carbocycles. The smallest absolute Gasteiger partial charge is 0.337 e. The minimum atomic E-state index is -0.704. The standard InChI is InChI=1S/C21H21ClN2O7/c1-29-17-8-5-14(22)11-16(17)24-19(26)12-31-20(27)10-9-18(25)23-15-6-3-13(4-7-15)21(28)30-2/h3-8,11H,9-10,12H2,1-2H3,(H,23,25)(H,24,26). The SMILES string of the molecule is COC(=O)c1ccc(NC(=O)CCC(=O)OCC(=O)Nc2cc(Cl)ccc2OC)cc1. The van der Waals surface area contributed by atoms with Crippen molar-refractivity contribution in [2.75, 3.05) is 31.5 Å². The third-order valence-corrected chi connectivity index (χ3v) is 4.18. The van der Waals surface area contributed by atoms with E-state index in [1.807, 2.05) is 0 Å². The van der Waals surface area contributed by atoms with Gasteiger partial charge < -0.3 is 24.8 Å². The fraction of sp³-hybridized carbons (Fsp3) is 0.238. The molecule has 2 rings (SSSR count). The number of halogens is 1. The highest BCUT2D eigenvalue weighted by molar-refractivity contribution is 6.31. The summed E-state index contributed by atoms with van der Waals surface area (Å²) in [5, 5.41) is 5.53. The van der Waals surface area contributed by atoms with Crippen molar-refractivity contribution in [3.63, 3.8) is 0 Å². The number of hydrogen-bond acceptors (Lipinski definition) is 7. The highest BCUT2D eigenvalue weighted by atomic mass is 35.5. The molecule has 10 heteroatoms.